The van der Waals surface area contributed by atoms with Crippen LogP contribution in [-0.4, -0.2) is 73.0 Å². The lowest BCUT2D eigenvalue weighted by Gasteiger charge is -2.32. The van der Waals surface area contributed by atoms with Crippen molar-refractivity contribution in [2.75, 3.05) is 34.2 Å². The topological polar surface area (TPSA) is 89.9 Å². The zero-order valence-electron chi connectivity index (χ0n) is 14.5. The van der Waals surface area contributed by atoms with Crippen LogP contribution in [0.3, 0.4) is 0 Å². The lowest BCUT2D eigenvalue weighted by Crippen LogP contribution is -2.51. The largest absolute Gasteiger partial charge is 0.481 e. The highest BCUT2D eigenvalue weighted by atomic mass is 16.4. The van der Waals surface area contributed by atoms with Crippen LogP contribution in [-0.2, 0) is 14.4 Å². The maximum Gasteiger partial charge on any atom is 0.303 e. The van der Waals surface area contributed by atoms with Crippen LogP contribution in [0.25, 0.3) is 0 Å². The van der Waals surface area contributed by atoms with Crippen LogP contribution in [0, 0.1) is 5.41 Å². The molecule has 0 saturated carbocycles. The Labute approximate surface area is 132 Å². The molecule has 0 aliphatic heterocycles. The molecule has 0 spiro atoms. The zero-order chi connectivity index (χ0) is 17.5. The minimum absolute atomic E-state index is 0.0987. The summed E-state index contributed by atoms with van der Waals surface area (Å²) >= 11 is 0. The molecule has 0 aliphatic carbocycles. The summed E-state index contributed by atoms with van der Waals surface area (Å²) in [6, 6.07) is -0.773. The van der Waals surface area contributed by atoms with Gasteiger partial charge in [-0.1, -0.05) is 20.8 Å². The van der Waals surface area contributed by atoms with Crippen LogP contribution >= 0.6 is 0 Å². The molecule has 0 aliphatic rings. The Balaban J connectivity index is 4.91. The van der Waals surface area contributed by atoms with Gasteiger partial charge in [0.05, 0.1) is 0 Å². The van der Waals surface area contributed by atoms with Crippen molar-refractivity contribution in [1.82, 2.24) is 15.1 Å². The molecule has 0 fully saturated rings. The lowest BCUT2D eigenvalue weighted by atomic mass is 9.93. The SMILES string of the molecule is CN(C)CCNC(=O)C(CCC(=O)O)N(C)C(=O)C(C)(C)C. The fourth-order valence-corrected chi connectivity index (χ4v) is 1.95. The average Bonchev–Trinajstić information content (AvgIpc) is 2.35. The lowest BCUT2D eigenvalue weighted by molar-refractivity contribution is -0.146. The highest BCUT2D eigenvalue weighted by molar-refractivity contribution is 5.89. The maximum atomic E-state index is 12.3. The molecule has 7 heteroatoms. The first-order valence-electron chi connectivity index (χ1n) is 7.38. The summed E-state index contributed by atoms with van der Waals surface area (Å²) < 4.78 is 0. The van der Waals surface area contributed by atoms with E-state index < -0.39 is 17.4 Å². The van der Waals surface area contributed by atoms with Crippen LogP contribution in [0.2, 0.25) is 0 Å². The van der Waals surface area contributed by atoms with Crippen LogP contribution in [0.5, 0.6) is 0 Å². The smallest absolute Gasteiger partial charge is 0.303 e. The van der Waals surface area contributed by atoms with E-state index in [0.29, 0.717) is 13.1 Å². The maximum absolute atomic E-state index is 12.3. The number of carbonyl (C=O) groups is 3. The van der Waals surface area contributed by atoms with E-state index in [1.807, 2.05) is 19.0 Å². The molecule has 128 valence electrons. The molecule has 2 amide bonds. The van der Waals surface area contributed by atoms with E-state index in [-0.39, 0.29) is 24.7 Å². The Morgan fingerprint density at radius 1 is 1.14 bits per heavy atom. The number of nitrogens with one attached hydrogen (secondary N) is 1. The minimum Gasteiger partial charge on any atom is -0.481 e. The zero-order valence-corrected chi connectivity index (χ0v) is 14.5. The summed E-state index contributed by atoms with van der Waals surface area (Å²) in [5.74, 6) is -1.49. The van der Waals surface area contributed by atoms with Gasteiger partial charge in [0.2, 0.25) is 11.8 Å². The van der Waals surface area contributed by atoms with Gasteiger partial charge in [0.25, 0.3) is 0 Å². The number of carboxylic acids is 1. The quantitative estimate of drug-likeness (QED) is 0.677. The van der Waals surface area contributed by atoms with Crippen LogP contribution in [0.4, 0.5) is 0 Å². The molecule has 2 N–H and O–H groups in total. The number of aliphatic carboxylic acids is 1. The van der Waals surface area contributed by atoms with Gasteiger partial charge >= 0.3 is 5.97 Å². The van der Waals surface area contributed by atoms with Crippen LogP contribution in [0.15, 0.2) is 0 Å². The molecule has 0 aromatic rings. The van der Waals surface area contributed by atoms with Crippen molar-refractivity contribution in [3.05, 3.63) is 0 Å². The van der Waals surface area contributed by atoms with E-state index in [1.54, 1.807) is 27.8 Å². The number of likely N-dealkylation sites (N-methyl/N-ethyl adjacent to an activating group) is 2. The average molecular weight is 315 g/mol. The standard InChI is InChI=1S/C15H29N3O4/c1-15(2,3)14(22)18(6)11(7-8-12(19)20)13(21)16-9-10-17(4)5/h11H,7-10H2,1-6H3,(H,16,21)(H,19,20). The third kappa shape index (κ3) is 7.40. The molecule has 7 nitrogen and oxygen atoms in total. The van der Waals surface area contributed by atoms with Gasteiger partial charge in [-0.3, -0.25) is 14.4 Å². The van der Waals surface area contributed by atoms with Gasteiger partial charge in [-0.2, -0.15) is 0 Å². The highest BCUT2D eigenvalue weighted by Gasteiger charge is 2.33. The fourth-order valence-electron chi connectivity index (χ4n) is 1.95. The van der Waals surface area contributed by atoms with Gasteiger partial charge in [0, 0.05) is 32.0 Å². The van der Waals surface area contributed by atoms with Gasteiger partial charge in [-0.05, 0) is 20.5 Å². The summed E-state index contributed by atoms with van der Waals surface area (Å²) in [5, 5.41) is 11.6. The van der Waals surface area contributed by atoms with Crippen molar-refractivity contribution in [3.63, 3.8) is 0 Å². The molecule has 0 bridgehead atoms. The fraction of sp³-hybridized carbons (Fsp3) is 0.800. The molecule has 0 rings (SSSR count). The van der Waals surface area contributed by atoms with E-state index >= 15 is 0 Å². The Morgan fingerprint density at radius 3 is 2.09 bits per heavy atom. The Hall–Kier alpha value is -1.63. The summed E-state index contributed by atoms with van der Waals surface area (Å²) in [5.41, 5.74) is -0.625. The molecular formula is C15H29N3O4. The molecule has 0 saturated heterocycles. The van der Waals surface area contributed by atoms with Gasteiger partial charge in [-0.25, -0.2) is 0 Å². The number of carboxylic acid groups (broad SMARTS) is 1. The van der Waals surface area contributed by atoms with Gasteiger partial charge < -0.3 is 20.2 Å². The summed E-state index contributed by atoms with van der Waals surface area (Å²) in [7, 11) is 5.33. The number of hydrogen-bond acceptors (Lipinski definition) is 4. The summed E-state index contributed by atoms with van der Waals surface area (Å²) in [6.07, 6.45) is -0.0605. The Kier molecular flexibility index (Phi) is 8.08. The molecule has 0 aromatic heterocycles. The monoisotopic (exact) mass is 315 g/mol. The molecule has 0 heterocycles. The van der Waals surface area contributed by atoms with E-state index in [1.165, 1.54) is 4.90 Å². The number of nitrogens with zero attached hydrogens (tertiary/aromatic N) is 2. The van der Waals surface area contributed by atoms with E-state index in [4.69, 9.17) is 5.11 Å². The van der Waals surface area contributed by atoms with Crippen molar-refractivity contribution in [3.8, 4) is 0 Å². The van der Waals surface area contributed by atoms with Crippen LogP contribution in [0.1, 0.15) is 33.6 Å². The number of carbonyl (C=O) groups excluding carboxylic acids is 2. The van der Waals surface area contributed by atoms with Crippen molar-refractivity contribution in [1.29, 1.82) is 0 Å². The third-order valence-corrected chi connectivity index (χ3v) is 3.22. The highest BCUT2D eigenvalue weighted by Crippen LogP contribution is 2.19. The molecule has 1 atom stereocenters. The van der Waals surface area contributed by atoms with Gasteiger partial charge in [-0.15, -0.1) is 0 Å². The molecule has 0 aromatic carbocycles. The number of hydrogen-bond donors (Lipinski definition) is 2. The second-order valence-corrected chi connectivity index (χ2v) is 6.71. The molecule has 0 radical (unpaired) electrons. The van der Waals surface area contributed by atoms with Gasteiger partial charge in [0.15, 0.2) is 0 Å². The number of amides is 2. The van der Waals surface area contributed by atoms with Crippen molar-refractivity contribution in [2.45, 2.75) is 39.7 Å². The number of rotatable bonds is 8. The second kappa shape index (κ2) is 8.73. The van der Waals surface area contributed by atoms with Crippen LogP contribution < -0.4 is 5.32 Å². The Morgan fingerprint density at radius 2 is 1.68 bits per heavy atom. The first kappa shape index (κ1) is 20.4. The second-order valence-electron chi connectivity index (χ2n) is 6.71. The van der Waals surface area contributed by atoms with Crippen molar-refractivity contribution in [2.24, 2.45) is 5.41 Å². The van der Waals surface area contributed by atoms with E-state index in [0.717, 1.165) is 0 Å². The molecule has 1 unspecified atom stereocenters. The van der Waals surface area contributed by atoms with Crippen molar-refractivity contribution >= 4 is 17.8 Å². The summed E-state index contributed by atoms with van der Waals surface area (Å²) in [6.45, 7) is 6.43. The van der Waals surface area contributed by atoms with Gasteiger partial charge in [0.1, 0.15) is 6.04 Å². The molecule has 22 heavy (non-hydrogen) atoms. The predicted octanol–water partition coefficient (Wildman–Crippen LogP) is 0.402. The molecular weight excluding hydrogens is 286 g/mol. The summed E-state index contributed by atoms with van der Waals surface area (Å²) in [4.78, 5) is 38.7. The van der Waals surface area contributed by atoms with E-state index in [9.17, 15) is 14.4 Å². The minimum atomic E-state index is -0.984. The van der Waals surface area contributed by atoms with Crippen molar-refractivity contribution < 1.29 is 19.5 Å². The Bertz CT molecular complexity index is 402. The van der Waals surface area contributed by atoms with E-state index in [2.05, 4.69) is 5.32 Å². The first-order chi connectivity index (χ1) is 9.96. The predicted molar refractivity (Wildman–Crippen MR) is 84.4 cm³/mol. The normalized spacial score (nSPS) is 12.9. The first-order valence-corrected chi connectivity index (χ1v) is 7.38. The third-order valence-electron chi connectivity index (χ3n) is 3.22.